The normalized spacial score (nSPS) is 27.2. The first-order valence-electron chi connectivity index (χ1n) is 18.5. The van der Waals surface area contributed by atoms with E-state index in [2.05, 4.69) is 18.7 Å². The lowest BCUT2D eigenvalue weighted by molar-refractivity contribution is -0.149. The number of aliphatic hydroxyl groups excluding tert-OH is 1. The first-order valence-corrected chi connectivity index (χ1v) is 18.5. The minimum atomic E-state index is -1.48. The van der Waals surface area contributed by atoms with Gasteiger partial charge < -0.3 is 34.2 Å². The zero-order valence-corrected chi connectivity index (χ0v) is 30.4. The van der Waals surface area contributed by atoms with E-state index in [1.165, 1.54) is 4.90 Å². The molecule has 7 rings (SSSR count). The van der Waals surface area contributed by atoms with E-state index in [0.29, 0.717) is 42.3 Å². The summed E-state index contributed by atoms with van der Waals surface area (Å²) in [5.41, 5.74) is 0.484. The minimum Gasteiger partial charge on any atom is -0.494 e. The smallest absolute Gasteiger partial charge is 0.253 e. The van der Waals surface area contributed by atoms with Crippen LogP contribution < -0.4 is 19.4 Å². The van der Waals surface area contributed by atoms with Crippen LogP contribution in [0.2, 0.25) is 0 Å². The van der Waals surface area contributed by atoms with Crippen LogP contribution in [0, 0.1) is 11.8 Å². The Morgan fingerprint density at radius 1 is 0.788 bits per heavy atom. The fourth-order valence-corrected chi connectivity index (χ4v) is 8.85. The third-order valence-electron chi connectivity index (χ3n) is 11.3. The number of fused-ring (bicyclic) bond motifs is 2. The van der Waals surface area contributed by atoms with E-state index in [4.69, 9.17) is 9.47 Å². The van der Waals surface area contributed by atoms with Crippen LogP contribution in [-0.2, 0) is 19.1 Å². The molecule has 3 aromatic carbocycles. The fourth-order valence-electron chi connectivity index (χ4n) is 8.85. The molecule has 0 aromatic heterocycles. The summed E-state index contributed by atoms with van der Waals surface area (Å²) in [5, 5.41) is 11.0. The van der Waals surface area contributed by atoms with Gasteiger partial charge in [-0.05, 0) is 81.3 Å². The third-order valence-corrected chi connectivity index (χ3v) is 11.3. The molecule has 52 heavy (non-hydrogen) atoms. The minimum absolute atomic E-state index is 0.249. The fraction of sp³-hybridized carbons (Fsp3) is 0.405. The molecule has 2 saturated heterocycles. The Labute approximate surface area is 305 Å². The van der Waals surface area contributed by atoms with Gasteiger partial charge in [-0.25, -0.2) is 0 Å². The van der Waals surface area contributed by atoms with Gasteiger partial charge in [0.05, 0.1) is 36.7 Å². The molecule has 3 aromatic rings. The van der Waals surface area contributed by atoms with Crippen LogP contribution in [0.4, 0.5) is 17.1 Å². The molecule has 0 bridgehead atoms. The van der Waals surface area contributed by atoms with E-state index in [1.54, 1.807) is 9.80 Å². The van der Waals surface area contributed by atoms with Crippen LogP contribution in [0.1, 0.15) is 45.7 Å². The molecule has 4 aliphatic rings. The standard InChI is InChI=1S/C42H48N4O6/c1-5-41-24-12-26-44(32-20-22-33(23-21-32)51-8-4)38(48)35(41)36-39(49)46(34(28-47)29-14-10-9-11-15-29)37-40(50)45(27-13-25-42(36,37)52-41)31-18-16-30(17-19-31)43(6-2)7-3/h9-25,34-37,47H,5-8,26-28H2,1-4H3/t34-,35+,36+,37?,41-,42+/m1/s1. The number of anilines is 3. The zero-order chi connectivity index (χ0) is 36.6. The van der Waals surface area contributed by atoms with Gasteiger partial charge in [-0.1, -0.05) is 61.6 Å². The van der Waals surface area contributed by atoms with Crippen molar-refractivity contribution in [1.82, 2.24) is 4.90 Å². The lowest BCUT2D eigenvalue weighted by Crippen LogP contribution is -2.57. The Bertz CT molecular complexity index is 1840. The number of rotatable bonds is 11. The second-order valence-corrected chi connectivity index (χ2v) is 13.8. The summed E-state index contributed by atoms with van der Waals surface area (Å²) in [6, 6.07) is 22.5. The van der Waals surface area contributed by atoms with Crippen LogP contribution in [0.15, 0.2) is 103 Å². The van der Waals surface area contributed by atoms with Crippen molar-refractivity contribution < 1.29 is 29.0 Å². The number of ether oxygens (including phenoxy) is 2. The lowest BCUT2D eigenvalue weighted by atomic mass is 9.73. The van der Waals surface area contributed by atoms with Crippen molar-refractivity contribution in [2.24, 2.45) is 11.8 Å². The van der Waals surface area contributed by atoms with Crippen molar-refractivity contribution in [2.75, 3.05) is 54.1 Å². The topological polar surface area (TPSA) is 103 Å². The summed E-state index contributed by atoms with van der Waals surface area (Å²) in [6.07, 6.45) is 8.02. The molecule has 3 amide bonds. The molecule has 10 nitrogen and oxygen atoms in total. The summed E-state index contributed by atoms with van der Waals surface area (Å²) in [5.74, 6) is -2.23. The summed E-state index contributed by atoms with van der Waals surface area (Å²) >= 11 is 0. The maximum atomic E-state index is 15.3. The van der Waals surface area contributed by atoms with Crippen LogP contribution in [0.25, 0.3) is 0 Å². The number of benzene rings is 3. The van der Waals surface area contributed by atoms with Gasteiger partial charge in [0.2, 0.25) is 11.8 Å². The molecule has 0 saturated carbocycles. The van der Waals surface area contributed by atoms with E-state index >= 15 is 9.59 Å². The average Bonchev–Trinajstić information content (AvgIpc) is 3.46. The number of aliphatic hydroxyl groups is 1. The molecule has 1 unspecified atom stereocenters. The Morgan fingerprint density at radius 3 is 2.00 bits per heavy atom. The molecule has 4 heterocycles. The van der Waals surface area contributed by atoms with Gasteiger partial charge in [-0.15, -0.1) is 0 Å². The molecular formula is C42H48N4O6. The van der Waals surface area contributed by atoms with Crippen molar-refractivity contribution in [3.63, 3.8) is 0 Å². The average molecular weight is 705 g/mol. The summed E-state index contributed by atoms with van der Waals surface area (Å²) < 4.78 is 12.9. The molecule has 1 N–H and O–H groups in total. The highest BCUT2D eigenvalue weighted by atomic mass is 16.5. The monoisotopic (exact) mass is 704 g/mol. The molecular weight excluding hydrogens is 656 g/mol. The summed E-state index contributed by atoms with van der Waals surface area (Å²) in [7, 11) is 0. The molecule has 272 valence electrons. The molecule has 2 fully saturated rings. The SMILES string of the molecule is CCOc1ccc(N2CC=C[C@@]3(CC)O[C@]45C=CCN(c6ccc(N(CC)CC)cc6)C(=O)C4N([C@H](CO)c4ccccc4)C(=O)[C@@H]5[C@H]3C2=O)cc1. The van der Waals surface area contributed by atoms with Gasteiger partial charge in [0.15, 0.2) is 0 Å². The van der Waals surface area contributed by atoms with E-state index in [-0.39, 0.29) is 24.3 Å². The summed E-state index contributed by atoms with van der Waals surface area (Å²) in [4.78, 5) is 52.6. The highest BCUT2D eigenvalue weighted by Gasteiger charge is 2.76. The van der Waals surface area contributed by atoms with Crippen LogP contribution >= 0.6 is 0 Å². The number of likely N-dealkylation sites (tertiary alicyclic amines) is 1. The van der Waals surface area contributed by atoms with Gasteiger partial charge in [0, 0.05) is 43.2 Å². The molecule has 0 aliphatic carbocycles. The predicted molar refractivity (Wildman–Crippen MR) is 201 cm³/mol. The molecule has 1 spiro atoms. The van der Waals surface area contributed by atoms with Crippen molar-refractivity contribution >= 4 is 34.8 Å². The van der Waals surface area contributed by atoms with Crippen LogP contribution in [-0.4, -0.2) is 84.4 Å². The number of carbonyl (C=O) groups is 3. The number of nitrogens with zero attached hydrogens (tertiary/aromatic N) is 4. The Hall–Kier alpha value is -4.93. The maximum absolute atomic E-state index is 15.3. The zero-order valence-electron chi connectivity index (χ0n) is 30.4. The molecule has 10 heteroatoms. The number of carbonyl (C=O) groups excluding carboxylic acids is 3. The van der Waals surface area contributed by atoms with E-state index in [1.807, 2.05) is 117 Å². The third kappa shape index (κ3) is 5.60. The van der Waals surface area contributed by atoms with Crippen molar-refractivity contribution in [3.05, 3.63) is 109 Å². The number of hydrogen-bond donors (Lipinski definition) is 1. The molecule has 0 radical (unpaired) electrons. The summed E-state index contributed by atoms with van der Waals surface area (Å²) in [6.45, 7) is 10.4. The van der Waals surface area contributed by atoms with Crippen molar-refractivity contribution in [1.29, 1.82) is 0 Å². The second-order valence-electron chi connectivity index (χ2n) is 13.8. The lowest BCUT2D eigenvalue weighted by Gasteiger charge is -2.41. The Kier molecular flexibility index (Phi) is 9.71. The largest absolute Gasteiger partial charge is 0.494 e. The molecule has 4 aliphatic heterocycles. The number of amides is 3. The van der Waals surface area contributed by atoms with Crippen LogP contribution in [0.5, 0.6) is 5.75 Å². The van der Waals surface area contributed by atoms with E-state index in [9.17, 15) is 9.90 Å². The predicted octanol–water partition coefficient (Wildman–Crippen LogP) is 5.53. The van der Waals surface area contributed by atoms with Gasteiger partial charge in [0.1, 0.15) is 17.4 Å². The number of hydrogen-bond acceptors (Lipinski definition) is 7. The highest BCUT2D eigenvalue weighted by molar-refractivity contribution is 6.08. The van der Waals surface area contributed by atoms with Gasteiger partial charge in [-0.3, -0.25) is 14.4 Å². The van der Waals surface area contributed by atoms with Gasteiger partial charge >= 0.3 is 0 Å². The van der Waals surface area contributed by atoms with Crippen molar-refractivity contribution in [3.8, 4) is 5.75 Å². The molecule has 6 atom stereocenters. The van der Waals surface area contributed by atoms with Gasteiger partial charge in [0.25, 0.3) is 5.91 Å². The Balaban J connectivity index is 1.35. The van der Waals surface area contributed by atoms with Crippen molar-refractivity contribution in [2.45, 2.75) is 57.4 Å². The maximum Gasteiger partial charge on any atom is 0.253 e. The second kappa shape index (κ2) is 14.2. The highest BCUT2D eigenvalue weighted by Crippen LogP contribution is 2.60. The van der Waals surface area contributed by atoms with Gasteiger partial charge in [-0.2, -0.15) is 0 Å². The first-order chi connectivity index (χ1) is 25.3. The Morgan fingerprint density at radius 2 is 1.40 bits per heavy atom. The van der Waals surface area contributed by atoms with E-state index in [0.717, 1.165) is 18.8 Å². The van der Waals surface area contributed by atoms with Crippen LogP contribution in [0.3, 0.4) is 0 Å². The van der Waals surface area contributed by atoms with E-state index < -0.39 is 41.7 Å². The first kappa shape index (κ1) is 35.5. The quantitative estimate of drug-likeness (QED) is 0.262.